The van der Waals surface area contributed by atoms with Crippen LogP contribution in [0.1, 0.15) is 44.4 Å². The second-order valence-corrected chi connectivity index (χ2v) is 5.29. The number of nitrogens with zero attached hydrogens (tertiary/aromatic N) is 1. The summed E-state index contributed by atoms with van der Waals surface area (Å²) in [5, 5.41) is 3.49. The Hall–Kier alpha value is -1.09. The number of fused-ring (bicyclic) bond motifs is 1. The second kappa shape index (κ2) is 6.19. The molecule has 1 aliphatic rings. The molecular formula is C15H24N2O. The lowest BCUT2D eigenvalue weighted by Crippen LogP contribution is -2.33. The predicted molar refractivity (Wildman–Crippen MR) is 75.1 cm³/mol. The van der Waals surface area contributed by atoms with Crippen molar-refractivity contribution in [1.82, 2.24) is 9.88 Å². The first kappa shape index (κ1) is 13.3. The van der Waals surface area contributed by atoms with Crippen LogP contribution in [0.3, 0.4) is 0 Å². The maximum atomic E-state index is 11.9. The van der Waals surface area contributed by atoms with Crippen LogP contribution in [0, 0.1) is 0 Å². The monoisotopic (exact) mass is 248 g/mol. The van der Waals surface area contributed by atoms with Crippen LogP contribution < -0.4 is 10.9 Å². The van der Waals surface area contributed by atoms with Gasteiger partial charge in [0, 0.05) is 30.9 Å². The number of aryl methyl sites for hydroxylation is 1. The van der Waals surface area contributed by atoms with E-state index in [2.05, 4.69) is 19.2 Å². The van der Waals surface area contributed by atoms with E-state index in [-0.39, 0.29) is 5.56 Å². The zero-order valence-corrected chi connectivity index (χ0v) is 11.5. The van der Waals surface area contributed by atoms with E-state index in [9.17, 15) is 4.79 Å². The molecule has 100 valence electrons. The van der Waals surface area contributed by atoms with E-state index in [1.165, 1.54) is 30.5 Å². The fourth-order valence-corrected chi connectivity index (χ4v) is 2.84. The Balaban J connectivity index is 1.97. The number of rotatable bonds is 6. The van der Waals surface area contributed by atoms with E-state index in [1.54, 1.807) is 6.07 Å². The molecule has 18 heavy (non-hydrogen) atoms. The summed E-state index contributed by atoms with van der Waals surface area (Å²) >= 11 is 0. The quantitative estimate of drug-likeness (QED) is 0.836. The van der Waals surface area contributed by atoms with Gasteiger partial charge in [0.05, 0.1) is 0 Å². The highest BCUT2D eigenvalue weighted by Crippen LogP contribution is 2.19. The minimum Gasteiger partial charge on any atom is -0.312 e. The molecule has 0 spiro atoms. The standard InChI is InChI=1S/C15H24N2O/c1-3-5-12(2)16-10-11-17-14-7-4-6-13(14)8-9-15(17)18/h8-9,12,16H,3-7,10-11H2,1-2H3. The van der Waals surface area contributed by atoms with E-state index >= 15 is 0 Å². The highest BCUT2D eigenvalue weighted by Gasteiger charge is 2.15. The SMILES string of the molecule is CCCC(C)NCCn1c2c(ccc1=O)CCC2. The molecule has 0 saturated carbocycles. The molecular weight excluding hydrogens is 224 g/mol. The Morgan fingerprint density at radius 1 is 1.39 bits per heavy atom. The minimum atomic E-state index is 0.153. The zero-order chi connectivity index (χ0) is 13.0. The van der Waals surface area contributed by atoms with Crippen LogP contribution in [0.5, 0.6) is 0 Å². The number of hydrogen-bond acceptors (Lipinski definition) is 2. The first-order valence-corrected chi connectivity index (χ1v) is 7.17. The van der Waals surface area contributed by atoms with Crippen LogP contribution in [0.2, 0.25) is 0 Å². The fraction of sp³-hybridized carbons (Fsp3) is 0.667. The summed E-state index contributed by atoms with van der Waals surface area (Å²) in [5.41, 5.74) is 2.80. The molecule has 1 aromatic heterocycles. The molecule has 1 atom stereocenters. The molecule has 0 aliphatic heterocycles. The third-order valence-corrected chi connectivity index (χ3v) is 3.80. The van der Waals surface area contributed by atoms with Crippen molar-refractivity contribution < 1.29 is 0 Å². The average Bonchev–Trinajstić information content (AvgIpc) is 2.80. The maximum Gasteiger partial charge on any atom is 0.250 e. The van der Waals surface area contributed by atoms with E-state index in [1.807, 2.05) is 10.6 Å². The average molecular weight is 248 g/mol. The van der Waals surface area contributed by atoms with Gasteiger partial charge in [-0.2, -0.15) is 0 Å². The highest BCUT2D eigenvalue weighted by atomic mass is 16.1. The molecule has 0 radical (unpaired) electrons. The van der Waals surface area contributed by atoms with Crippen molar-refractivity contribution in [3.05, 3.63) is 33.7 Å². The van der Waals surface area contributed by atoms with Gasteiger partial charge in [0.15, 0.2) is 0 Å². The number of nitrogens with one attached hydrogen (secondary N) is 1. The molecule has 1 N–H and O–H groups in total. The van der Waals surface area contributed by atoms with Crippen LogP contribution in [-0.2, 0) is 19.4 Å². The van der Waals surface area contributed by atoms with E-state index in [0.29, 0.717) is 6.04 Å². The molecule has 3 nitrogen and oxygen atoms in total. The topological polar surface area (TPSA) is 34.0 Å². The molecule has 0 saturated heterocycles. The first-order chi connectivity index (χ1) is 8.72. The van der Waals surface area contributed by atoms with Gasteiger partial charge in [0.1, 0.15) is 0 Å². The third kappa shape index (κ3) is 3.02. The van der Waals surface area contributed by atoms with Gasteiger partial charge >= 0.3 is 0 Å². The highest BCUT2D eigenvalue weighted by molar-refractivity contribution is 5.25. The van der Waals surface area contributed by atoms with Gasteiger partial charge in [-0.1, -0.05) is 19.4 Å². The first-order valence-electron chi connectivity index (χ1n) is 7.17. The van der Waals surface area contributed by atoms with Crippen molar-refractivity contribution in [3.8, 4) is 0 Å². The van der Waals surface area contributed by atoms with Gasteiger partial charge in [0.25, 0.3) is 5.56 Å². The Morgan fingerprint density at radius 3 is 3.00 bits per heavy atom. The van der Waals surface area contributed by atoms with Crippen LogP contribution >= 0.6 is 0 Å². The van der Waals surface area contributed by atoms with E-state index in [4.69, 9.17) is 0 Å². The largest absolute Gasteiger partial charge is 0.312 e. The Bertz CT molecular complexity index is 450. The maximum absolute atomic E-state index is 11.9. The number of aromatic nitrogens is 1. The van der Waals surface area contributed by atoms with Crippen LogP contribution in [-0.4, -0.2) is 17.2 Å². The molecule has 0 fully saturated rings. The summed E-state index contributed by atoms with van der Waals surface area (Å²) in [7, 11) is 0. The summed E-state index contributed by atoms with van der Waals surface area (Å²) in [6.07, 6.45) is 5.79. The molecule has 0 bridgehead atoms. The van der Waals surface area contributed by atoms with E-state index < -0.39 is 0 Å². The van der Waals surface area contributed by atoms with Crippen LogP contribution in [0.25, 0.3) is 0 Å². The number of pyridine rings is 1. The molecule has 0 amide bonds. The summed E-state index contributed by atoms with van der Waals surface area (Å²) < 4.78 is 1.97. The normalized spacial score (nSPS) is 15.7. The van der Waals surface area contributed by atoms with Gasteiger partial charge in [-0.15, -0.1) is 0 Å². The lowest BCUT2D eigenvalue weighted by molar-refractivity contribution is 0.478. The molecule has 3 heteroatoms. The molecule has 1 aliphatic carbocycles. The second-order valence-electron chi connectivity index (χ2n) is 5.29. The molecule has 2 rings (SSSR count). The lowest BCUT2D eigenvalue weighted by atomic mass is 10.2. The van der Waals surface area contributed by atoms with Crippen molar-refractivity contribution in [2.75, 3.05) is 6.54 Å². The van der Waals surface area contributed by atoms with Gasteiger partial charge in [-0.3, -0.25) is 4.79 Å². The van der Waals surface area contributed by atoms with Gasteiger partial charge < -0.3 is 9.88 Å². The zero-order valence-electron chi connectivity index (χ0n) is 11.5. The molecule has 1 aromatic rings. The van der Waals surface area contributed by atoms with Gasteiger partial charge in [-0.25, -0.2) is 0 Å². The Labute approximate surface area is 109 Å². The van der Waals surface area contributed by atoms with Crippen LogP contribution in [0.15, 0.2) is 16.9 Å². The van der Waals surface area contributed by atoms with Crippen molar-refractivity contribution in [1.29, 1.82) is 0 Å². The summed E-state index contributed by atoms with van der Waals surface area (Å²) in [4.78, 5) is 11.9. The Morgan fingerprint density at radius 2 is 2.22 bits per heavy atom. The van der Waals surface area contributed by atoms with Crippen molar-refractivity contribution in [2.24, 2.45) is 0 Å². The fourth-order valence-electron chi connectivity index (χ4n) is 2.84. The van der Waals surface area contributed by atoms with Crippen molar-refractivity contribution in [2.45, 2.75) is 58.5 Å². The summed E-state index contributed by atoms with van der Waals surface area (Å²) in [5.74, 6) is 0. The molecule has 0 aromatic carbocycles. The van der Waals surface area contributed by atoms with Gasteiger partial charge in [0.2, 0.25) is 0 Å². The molecule has 1 unspecified atom stereocenters. The molecule has 1 heterocycles. The summed E-state index contributed by atoms with van der Waals surface area (Å²) in [6, 6.07) is 4.27. The Kier molecular flexibility index (Phi) is 4.59. The van der Waals surface area contributed by atoms with E-state index in [0.717, 1.165) is 25.9 Å². The van der Waals surface area contributed by atoms with Gasteiger partial charge in [-0.05, 0) is 38.2 Å². The number of hydrogen-bond donors (Lipinski definition) is 1. The predicted octanol–water partition coefficient (Wildman–Crippen LogP) is 2.12. The summed E-state index contributed by atoms with van der Waals surface area (Å²) in [6.45, 7) is 6.10. The minimum absolute atomic E-state index is 0.153. The third-order valence-electron chi connectivity index (χ3n) is 3.80. The van der Waals surface area contributed by atoms with Crippen molar-refractivity contribution in [3.63, 3.8) is 0 Å². The van der Waals surface area contributed by atoms with Crippen LogP contribution in [0.4, 0.5) is 0 Å². The lowest BCUT2D eigenvalue weighted by Gasteiger charge is -2.15. The smallest absolute Gasteiger partial charge is 0.250 e. The van der Waals surface area contributed by atoms with Crippen molar-refractivity contribution >= 4 is 0 Å².